The lowest BCUT2D eigenvalue weighted by atomic mass is 9.71. The van der Waals surface area contributed by atoms with Crippen LogP contribution in [0.3, 0.4) is 0 Å². The Bertz CT molecular complexity index is 512. The molecule has 7 heteroatoms. The van der Waals surface area contributed by atoms with Crippen molar-refractivity contribution in [2.45, 2.75) is 45.1 Å². The highest BCUT2D eigenvalue weighted by molar-refractivity contribution is 6.37. The minimum absolute atomic E-state index is 0.305. The molecule has 5 N–H and O–H groups in total. The van der Waals surface area contributed by atoms with E-state index in [-0.39, 0.29) is 0 Å². The van der Waals surface area contributed by atoms with Crippen LogP contribution in [0.25, 0.3) is 0 Å². The van der Waals surface area contributed by atoms with Crippen LogP contribution in [0.4, 0.5) is 11.6 Å². The van der Waals surface area contributed by atoms with E-state index >= 15 is 0 Å². The van der Waals surface area contributed by atoms with Gasteiger partial charge >= 0.3 is 0 Å². The van der Waals surface area contributed by atoms with E-state index in [9.17, 15) is 5.11 Å². The van der Waals surface area contributed by atoms with Crippen LogP contribution in [0.5, 0.6) is 0 Å². The number of hydrogen-bond acceptors (Lipinski definition) is 5. The number of nitrogens with zero attached hydrogens (tertiary/aromatic N) is 1. The first kappa shape index (κ1) is 16.6. The number of nitrogens with one attached hydrogen (secondary N) is 2. The smallest absolute Gasteiger partial charge is 0.161 e. The normalized spacial score (nSPS) is 20.1. The van der Waals surface area contributed by atoms with E-state index < -0.39 is 5.60 Å². The summed E-state index contributed by atoms with van der Waals surface area (Å²) in [5, 5.41) is 14.5. The molecule has 5 nitrogen and oxygen atoms in total. The first-order chi connectivity index (χ1) is 9.75. The van der Waals surface area contributed by atoms with Gasteiger partial charge in [0.2, 0.25) is 0 Å². The highest BCUT2D eigenvalue weighted by Gasteiger charge is 2.36. The lowest BCUT2D eigenvalue weighted by Gasteiger charge is -2.40. The molecule has 1 heterocycles. The molecule has 0 amide bonds. The number of rotatable bonds is 4. The molecular formula is C14H22Cl2N4O. The molecule has 1 aliphatic carbocycles. The minimum Gasteiger partial charge on any atom is -0.388 e. The maximum absolute atomic E-state index is 10.6. The van der Waals surface area contributed by atoms with Gasteiger partial charge in [-0.3, -0.25) is 0 Å². The summed E-state index contributed by atoms with van der Waals surface area (Å²) in [5.41, 5.74) is 2.00. The summed E-state index contributed by atoms with van der Waals surface area (Å²) in [5.74, 6) is 6.16. The van der Waals surface area contributed by atoms with E-state index in [0.717, 1.165) is 25.7 Å². The molecule has 0 aliphatic heterocycles. The van der Waals surface area contributed by atoms with Crippen LogP contribution in [0.2, 0.25) is 10.0 Å². The van der Waals surface area contributed by atoms with Gasteiger partial charge < -0.3 is 15.8 Å². The number of aromatic nitrogens is 1. The summed E-state index contributed by atoms with van der Waals surface area (Å²) >= 11 is 12.0. The molecule has 0 saturated heterocycles. The fraction of sp³-hybridized carbons (Fsp3) is 0.643. The zero-order valence-electron chi connectivity index (χ0n) is 12.3. The Morgan fingerprint density at radius 1 is 1.19 bits per heavy atom. The molecule has 0 unspecified atom stereocenters. The molecule has 1 fully saturated rings. The van der Waals surface area contributed by atoms with Crippen molar-refractivity contribution in [3.63, 3.8) is 0 Å². The van der Waals surface area contributed by atoms with Crippen LogP contribution in [0.1, 0.15) is 39.5 Å². The van der Waals surface area contributed by atoms with Gasteiger partial charge in [0.1, 0.15) is 5.82 Å². The summed E-state index contributed by atoms with van der Waals surface area (Å²) in [4.78, 5) is 4.21. The lowest BCUT2D eigenvalue weighted by molar-refractivity contribution is -0.0145. The Morgan fingerprint density at radius 2 is 1.76 bits per heavy atom. The highest BCUT2D eigenvalue weighted by atomic mass is 35.5. The van der Waals surface area contributed by atoms with Crippen LogP contribution in [-0.2, 0) is 0 Å². The van der Waals surface area contributed by atoms with Crippen molar-refractivity contribution >= 4 is 34.8 Å². The molecule has 0 aromatic carbocycles. The summed E-state index contributed by atoms with van der Waals surface area (Å²) in [6.45, 7) is 4.87. The maximum Gasteiger partial charge on any atom is 0.161 e. The Hall–Kier alpha value is -0.750. The molecule has 0 spiro atoms. The molecule has 1 saturated carbocycles. The third-order valence-corrected chi connectivity index (χ3v) is 4.76. The Morgan fingerprint density at radius 3 is 2.33 bits per heavy atom. The van der Waals surface area contributed by atoms with Crippen molar-refractivity contribution in [1.29, 1.82) is 0 Å². The van der Waals surface area contributed by atoms with Gasteiger partial charge in [-0.1, -0.05) is 37.0 Å². The van der Waals surface area contributed by atoms with Gasteiger partial charge in [-0.25, -0.2) is 10.8 Å². The molecule has 0 radical (unpaired) electrons. The van der Waals surface area contributed by atoms with E-state index in [1.165, 1.54) is 0 Å². The van der Waals surface area contributed by atoms with Crippen LogP contribution in [0, 0.1) is 5.41 Å². The Balaban J connectivity index is 2.03. The van der Waals surface area contributed by atoms with Crippen LogP contribution >= 0.6 is 23.2 Å². The molecular weight excluding hydrogens is 311 g/mol. The monoisotopic (exact) mass is 332 g/mol. The van der Waals surface area contributed by atoms with Crippen LogP contribution in [0.15, 0.2) is 6.07 Å². The number of aliphatic hydroxyl groups is 1. The van der Waals surface area contributed by atoms with Crippen molar-refractivity contribution in [1.82, 2.24) is 4.98 Å². The highest BCUT2D eigenvalue weighted by Crippen LogP contribution is 2.40. The van der Waals surface area contributed by atoms with Crippen molar-refractivity contribution < 1.29 is 5.11 Å². The van der Waals surface area contributed by atoms with Gasteiger partial charge in [0.15, 0.2) is 5.82 Å². The molecule has 21 heavy (non-hydrogen) atoms. The lowest BCUT2D eigenvalue weighted by Crippen LogP contribution is -2.42. The number of anilines is 2. The number of hydrogen-bond donors (Lipinski definition) is 4. The van der Waals surface area contributed by atoms with E-state index in [0.29, 0.717) is 33.6 Å². The number of pyridine rings is 1. The molecule has 1 aliphatic rings. The Labute approximate surface area is 135 Å². The minimum atomic E-state index is -0.726. The molecule has 1 aromatic rings. The molecule has 118 valence electrons. The van der Waals surface area contributed by atoms with Gasteiger partial charge in [0, 0.05) is 6.54 Å². The average molecular weight is 333 g/mol. The van der Waals surface area contributed by atoms with Gasteiger partial charge in [0.05, 0.1) is 15.6 Å². The fourth-order valence-corrected chi connectivity index (χ4v) is 2.99. The zero-order chi connectivity index (χ0) is 15.7. The van der Waals surface area contributed by atoms with E-state index in [4.69, 9.17) is 29.0 Å². The van der Waals surface area contributed by atoms with Gasteiger partial charge in [-0.05, 0) is 37.2 Å². The topological polar surface area (TPSA) is 83.2 Å². The zero-order valence-corrected chi connectivity index (χ0v) is 13.9. The van der Waals surface area contributed by atoms with Gasteiger partial charge in [0.25, 0.3) is 0 Å². The number of hydrazine groups is 1. The van der Waals surface area contributed by atoms with Gasteiger partial charge in [-0.15, -0.1) is 0 Å². The quantitative estimate of drug-likeness (QED) is 0.501. The van der Waals surface area contributed by atoms with Crippen molar-refractivity contribution in [2.75, 3.05) is 17.3 Å². The number of nitrogens with two attached hydrogens (primary N) is 1. The van der Waals surface area contributed by atoms with Crippen molar-refractivity contribution in [3.8, 4) is 0 Å². The standard InChI is InChI=1S/C14H22Cl2N4O/c1-13(2)3-5-14(21,6-4-13)8-18-11-9(15)7-10(16)12(19-11)20-17/h7,21H,3-6,8,17H2,1-2H3,(H2,18,19,20). The second-order valence-corrected chi connectivity index (χ2v) is 7.35. The number of halogens is 2. The fourth-order valence-electron chi connectivity index (χ4n) is 2.51. The average Bonchev–Trinajstić information content (AvgIpc) is 2.42. The molecule has 2 rings (SSSR count). The van der Waals surface area contributed by atoms with Gasteiger partial charge in [-0.2, -0.15) is 0 Å². The number of nitrogen functional groups attached to an aromatic ring is 1. The maximum atomic E-state index is 10.6. The second-order valence-electron chi connectivity index (χ2n) is 6.54. The molecule has 0 bridgehead atoms. The third kappa shape index (κ3) is 4.13. The third-order valence-electron chi connectivity index (χ3n) is 4.19. The summed E-state index contributed by atoms with van der Waals surface area (Å²) in [6, 6.07) is 1.57. The summed E-state index contributed by atoms with van der Waals surface area (Å²) in [6.07, 6.45) is 3.53. The van der Waals surface area contributed by atoms with E-state index in [2.05, 4.69) is 29.6 Å². The van der Waals surface area contributed by atoms with E-state index in [1.807, 2.05) is 0 Å². The predicted octanol–water partition coefficient (Wildman–Crippen LogP) is 3.42. The van der Waals surface area contributed by atoms with Crippen molar-refractivity contribution in [2.24, 2.45) is 11.3 Å². The molecule has 0 atom stereocenters. The molecule has 1 aromatic heterocycles. The van der Waals surface area contributed by atoms with Crippen LogP contribution in [-0.4, -0.2) is 22.2 Å². The predicted molar refractivity (Wildman–Crippen MR) is 87.8 cm³/mol. The van der Waals surface area contributed by atoms with E-state index in [1.54, 1.807) is 6.07 Å². The summed E-state index contributed by atoms with van der Waals surface area (Å²) < 4.78 is 0. The first-order valence-corrected chi connectivity index (χ1v) is 7.79. The van der Waals surface area contributed by atoms with Crippen LogP contribution < -0.4 is 16.6 Å². The Kier molecular flexibility index (Phi) is 4.88. The SMILES string of the molecule is CC1(C)CCC(O)(CNc2nc(NN)c(Cl)cc2Cl)CC1. The van der Waals surface area contributed by atoms with Crippen molar-refractivity contribution in [3.05, 3.63) is 16.1 Å². The first-order valence-electron chi connectivity index (χ1n) is 7.04. The largest absolute Gasteiger partial charge is 0.388 e. The summed E-state index contributed by atoms with van der Waals surface area (Å²) in [7, 11) is 0. The second kappa shape index (κ2) is 6.16.